The van der Waals surface area contributed by atoms with Crippen molar-refractivity contribution >= 4 is 27.6 Å². The maximum Gasteiger partial charge on any atom is 0.322 e. The number of rotatable bonds is 14. The summed E-state index contributed by atoms with van der Waals surface area (Å²) in [6, 6.07) is 14.6. The van der Waals surface area contributed by atoms with Gasteiger partial charge < -0.3 is 15.7 Å². The highest BCUT2D eigenvalue weighted by molar-refractivity contribution is 7.89. The number of aryl methyl sites for hydroxylation is 1. The molecule has 0 aromatic heterocycles. The molecule has 1 atom stereocenters. The Hall–Kier alpha value is -2.91. The van der Waals surface area contributed by atoms with Gasteiger partial charge in [-0.2, -0.15) is 4.31 Å². The Labute approximate surface area is 202 Å². The zero-order valence-electron chi connectivity index (χ0n) is 20.0. The van der Waals surface area contributed by atoms with Gasteiger partial charge in [-0.1, -0.05) is 49.7 Å². The highest BCUT2D eigenvalue weighted by Crippen LogP contribution is 2.23. The third-order valence-corrected chi connectivity index (χ3v) is 7.15. The number of unbranched alkanes of at least 4 members (excludes halogenated alkanes) is 1. The van der Waals surface area contributed by atoms with Gasteiger partial charge in [0.2, 0.25) is 15.9 Å². The van der Waals surface area contributed by atoms with E-state index in [0.29, 0.717) is 19.4 Å². The van der Waals surface area contributed by atoms with Gasteiger partial charge in [0.05, 0.1) is 11.4 Å². The molecular formula is C25H35N3O5S. The number of sulfonamides is 1. The lowest BCUT2D eigenvalue weighted by Gasteiger charge is -2.29. The predicted molar refractivity (Wildman–Crippen MR) is 133 cm³/mol. The van der Waals surface area contributed by atoms with Crippen molar-refractivity contribution in [1.82, 2.24) is 9.62 Å². The van der Waals surface area contributed by atoms with Crippen LogP contribution in [0.15, 0.2) is 59.5 Å². The molecule has 0 radical (unpaired) electrons. The van der Waals surface area contributed by atoms with Gasteiger partial charge in [-0.3, -0.25) is 9.59 Å². The molecule has 8 nitrogen and oxygen atoms in total. The number of anilines is 1. The summed E-state index contributed by atoms with van der Waals surface area (Å²) in [5.74, 6) is -1.38. The Kier molecular flexibility index (Phi) is 10.5. The number of benzene rings is 2. The van der Waals surface area contributed by atoms with Crippen molar-refractivity contribution < 1.29 is 23.1 Å². The second kappa shape index (κ2) is 13.1. The van der Waals surface area contributed by atoms with E-state index in [1.54, 1.807) is 12.1 Å². The molecular weight excluding hydrogens is 454 g/mol. The predicted octanol–water partition coefficient (Wildman–Crippen LogP) is 3.49. The van der Waals surface area contributed by atoms with E-state index in [-0.39, 0.29) is 36.2 Å². The fraction of sp³-hybridized carbons (Fsp3) is 0.440. The number of amides is 1. The molecule has 0 unspecified atom stereocenters. The molecule has 0 aliphatic rings. The molecule has 0 spiro atoms. The van der Waals surface area contributed by atoms with Crippen molar-refractivity contribution in [2.24, 2.45) is 5.92 Å². The molecule has 1 amide bonds. The molecule has 0 aliphatic carbocycles. The minimum Gasteiger partial charge on any atom is -0.480 e. The summed E-state index contributed by atoms with van der Waals surface area (Å²) >= 11 is 0. The number of hydrogen-bond donors (Lipinski definition) is 3. The minimum atomic E-state index is -3.97. The molecule has 0 heterocycles. The summed E-state index contributed by atoms with van der Waals surface area (Å²) in [7, 11) is -3.97. The van der Waals surface area contributed by atoms with Crippen molar-refractivity contribution in [2.75, 3.05) is 25.0 Å². The number of para-hydroxylation sites is 1. The summed E-state index contributed by atoms with van der Waals surface area (Å²) in [4.78, 5) is 24.2. The summed E-state index contributed by atoms with van der Waals surface area (Å²) in [5.41, 5.74) is 1.77. The largest absolute Gasteiger partial charge is 0.480 e. The number of nitrogens with zero attached hydrogens (tertiary/aromatic N) is 1. The third-order valence-electron chi connectivity index (χ3n) is 5.26. The fourth-order valence-corrected chi connectivity index (χ4v) is 5.26. The van der Waals surface area contributed by atoms with Crippen molar-refractivity contribution in [3.8, 4) is 0 Å². The Morgan fingerprint density at radius 2 is 1.65 bits per heavy atom. The zero-order chi connectivity index (χ0) is 25.1. The Bertz CT molecular complexity index is 1020. The molecule has 3 N–H and O–H groups in total. The lowest BCUT2D eigenvalue weighted by molar-refractivity contribution is -0.142. The number of carbonyl (C=O) groups excluding carboxylic acids is 1. The Morgan fingerprint density at radius 1 is 1.00 bits per heavy atom. The topological polar surface area (TPSA) is 116 Å². The van der Waals surface area contributed by atoms with E-state index in [4.69, 9.17) is 0 Å². The number of aliphatic carboxylic acids is 1. The van der Waals surface area contributed by atoms with Crippen LogP contribution in [0.3, 0.4) is 0 Å². The van der Waals surface area contributed by atoms with Crippen LogP contribution < -0.4 is 10.6 Å². The first-order valence-corrected chi connectivity index (χ1v) is 12.9. The van der Waals surface area contributed by atoms with Crippen LogP contribution in [-0.4, -0.2) is 55.4 Å². The van der Waals surface area contributed by atoms with E-state index in [0.717, 1.165) is 15.6 Å². The highest BCUT2D eigenvalue weighted by atomic mass is 32.2. The Balaban J connectivity index is 1.93. The van der Waals surface area contributed by atoms with Gasteiger partial charge in [-0.05, 0) is 56.4 Å². The molecule has 186 valence electrons. The molecule has 0 saturated heterocycles. The number of nitrogens with one attached hydrogen (secondary N) is 2. The fourth-order valence-electron chi connectivity index (χ4n) is 3.48. The van der Waals surface area contributed by atoms with E-state index in [2.05, 4.69) is 10.6 Å². The maximum atomic E-state index is 13.3. The summed E-state index contributed by atoms with van der Waals surface area (Å²) < 4.78 is 27.7. The standard InChI is InChI=1S/C25H35N3O5S/c1-19(2)18-28(34(32,33)22-14-12-20(3)13-15-22)23(25(30)31)11-7-8-16-26-24(29)17-27-21-9-5-4-6-10-21/h4-6,9-10,12-15,19,23,27H,7-8,11,16-18H2,1-3H3,(H,26,29)(H,30,31)/t23-/m0/s1. The first-order valence-electron chi connectivity index (χ1n) is 11.5. The molecule has 0 bridgehead atoms. The normalized spacial score (nSPS) is 12.5. The smallest absolute Gasteiger partial charge is 0.322 e. The molecule has 0 saturated carbocycles. The first-order chi connectivity index (χ1) is 16.1. The number of carboxylic acid groups (broad SMARTS) is 1. The quantitative estimate of drug-likeness (QED) is 0.350. The van der Waals surface area contributed by atoms with Gasteiger partial charge in [-0.25, -0.2) is 8.42 Å². The second-order valence-corrected chi connectivity index (χ2v) is 10.6. The van der Waals surface area contributed by atoms with E-state index in [9.17, 15) is 23.1 Å². The van der Waals surface area contributed by atoms with Crippen LogP contribution in [0, 0.1) is 12.8 Å². The minimum absolute atomic E-state index is 0.0431. The summed E-state index contributed by atoms with van der Waals surface area (Å²) in [6.45, 7) is 6.20. The molecule has 34 heavy (non-hydrogen) atoms. The van der Waals surface area contributed by atoms with Crippen molar-refractivity contribution in [3.05, 3.63) is 60.2 Å². The molecule has 9 heteroatoms. The summed E-state index contributed by atoms with van der Waals surface area (Å²) in [6.07, 6.45) is 1.16. The number of hydrogen-bond acceptors (Lipinski definition) is 5. The zero-order valence-corrected chi connectivity index (χ0v) is 20.8. The van der Waals surface area contributed by atoms with Crippen LogP contribution >= 0.6 is 0 Å². The molecule has 2 aromatic carbocycles. The van der Waals surface area contributed by atoms with E-state index < -0.39 is 22.0 Å². The third kappa shape index (κ3) is 8.46. The van der Waals surface area contributed by atoms with Gasteiger partial charge in [0.1, 0.15) is 6.04 Å². The Morgan fingerprint density at radius 3 is 2.24 bits per heavy atom. The lowest BCUT2D eigenvalue weighted by atomic mass is 10.1. The van der Waals surface area contributed by atoms with Gasteiger partial charge in [-0.15, -0.1) is 0 Å². The van der Waals surface area contributed by atoms with Gasteiger partial charge in [0.25, 0.3) is 0 Å². The van der Waals surface area contributed by atoms with Crippen LogP contribution in [0.4, 0.5) is 5.69 Å². The van der Waals surface area contributed by atoms with Gasteiger partial charge >= 0.3 is 5.97 Å². The first kappa shape index (κ1) is 27.3. The number of carbonyl (C=O) groups is 2. The van der Waals surface area contributed by atoms with Crippen molar-refractivity contribution in [2.45, 2.75) is 51.0 Å². The average Bonchev–Trinajstić information content (AvgIpc) is 2.79. The monoisotopic (exact) mass is 489 g/mol. The maximum absolute atomic E-state index is 13.3. The van der Waals surface area contributed by atoms with E-state index in [1.165, 1.54) is 12.1 Å². The van der Waals surface area contributed by atoms with Gasteiger partial charge in [0.15, 0.2) is 0 Å². The van der Waals surface area contributed by atoms with Crippen LogP contribution in [0.5, 0.6) is 0 Å². The van der Waals surface area contributed by atoms with E-state index >= 15 is 0 Å². The molecule has 0 fully saturated rings. The van der Waals surface area contributed by atoms with Crippen LogP contribution in [0.1, 0.15) is 38.7 Å². The van der Waals surface area contributed by atoms with Crippen LogP contribution in [0.2, 0.25) is 0 Å². The average molecular weight is 490 g/mol. The summed E-state index contributed by atoms with van der Waals surface area (Å²) in [5, 5.41) is 15.7. The highest BCUT2D eigenvalue weighted by Gasteiger charge is 2.35. The lowest BCUT2D eigenvalue weighted by Crippen LogP contribution is -2.46. The molecule has 0 aliphatic heterocycles. The number of carboxylic acids is 1. The van der Waals surface area contributed by atoms with Gasteiger partial charge in [0, 0.05) is 18.8 Å². The molecule has 2 aromatic rings. The van der Waals surface area contributed by atoms with Crippen molar-refractivity contribution in [1.29, 1.82) is 0 Å². The van der Waals surface area contributed by atoms with E-state index in [1.807, 2.05) is 51.1 Å². The van der Waals surface area contributed by atoms with Crippen LogP contribution in [0.25, 0.3) is 0 Å². The van der Waals surface area contributed by atoms with Crippen LogP contribution in [-0.2, 0) is 19.6 Å². The van der Waals surface area contributed by atoms with Crippen molar-refractivity contribution in [3.63, 3.8) is 0 Å². The SMILES string of the molecule is Cc1ccc(S(=O)(=O)N(CC(C)C)[C@@H](CCCCNC(=O)CNc2ccccc2)C(=O)O)cc1. The molecule has 2 rings (SSSR count). The second-order valence-electron chi connectivity index (χ2n) is 8.70.